The normalized spacial score (nSPS) is 28.6. The van der Waals surface area contributed by atoms with Crippen LogP contribution in [0.15, 0.2) is 30.3 Å². The van der Waals surface area contributed by atoms with Crippen molar-refractivity contribution in [2.24, 2.45) is 5.41 Å². The molecule has 0 aliphatic carbocycles. The number of aliphatic hydroxyl groups is 1. The number of hydrogen-bond donors (Lipinski definition) is 2. The Morgan fingerprint density at radius 1 is 1.25 bits per heavy atom. The topological polar surface area (TPSA) is 49.3 Å². The molecule has 1 amide bonds. The molecule has 0 saturated carbocycles. The van der Waals surface area contributed by atoms with Gasteiger partial charge in [-0.1, -0.05) is 44.2 Å². The lowest BCUT2D eigenvalue weighted by Crippen LogP contribution is -2.58. The van der Waals surface area contributed by atoms with Crippen molar-refractivity contribution in [3.63, 3.8) is 0 Å². The zero-order chi connectivity index (χ0) is 11.8. The van der Waals surface area contributed by atoms with E-state index in [1.54, 1.807) is 0 Å². The molecule has 1 saturated heterocycles. The predicted octanol–water partition coefficient (Wildman–Crippen LogP) is 1.77. The van der Waals surface area contributed by atoms with E-state index >= 15 is 0 Å². The average molecular weight is 219 g/mol. The van der Waals surface area contributed by atoms with Gasteiger partial charge in [-0.2, -0.15) is 0 Å². The summed E-state index contributed by atoms with van der Waals surface area (Å²) in [6.07, 6.45) is 1.16. The van der Waals surface area contributed by atoms with Crippen LogP contribution in [0.3, 0.4) is 0 Å². The van der Waals surface area contributed by atoms with Crippen molar-refractivity contribution in [1.29, 1.82) is 0 Å². The van der Waals surface area contributed by atoms with Crippen molar-refractivity contribution < 1.29 is 9.90 Å². The van der Waals surface area contributed by atoms with Crippen LogP contribution in [-0.4, -0.2) is 11.0 Å². The second-order valence-corrected chi connectivity index (χ2v) is 5.01. The number of rotatable bonds is 1. The van der Waals surface area contributed by atoms with Crippen LogP contribution >= 0.6 is 0 Å². The average Bonchev–Trinajstić information content (AvgIpc) is 2.26. The largest absolute Gasteiger partial charge is 0.366 e. The van der Waals surface area contributed by atoms with Gasteiger partial charge in [0, 0.05) is 17.4 Å². The molecule has 16 heavy (non-hydrogen) atoms. The summed E-state index contributed by atoms with van der Waals surface area (Å²) in [5, 5.41) is 13.4. The van der Waals surface area contributed by atoms with Gasteiger partial charge < -0.3 is 10.4 Å². The van der Waals surface area contributed by atoms with Crippen LogP contribution < -0.4 is 5.32 Å². The minimum Gasteiger partial charge on any atom is -0.366 e. The fourth-order valence-corrected chi connectivity index (χ4v) is 2.18. The summed E-state index contributed by atoms with van der Waals surface area (Å²) in [6.45, 7) is 3.94. The molecule has 86 valence electrons. The van der Waals surface area contributed by atoms with Crippen molar-refractivity contribution in [2.45, 2.75) is 32.4 Å². The van der Waals surface area contributed by atoms with Gasteiger partial charge in [0.1, 0.15) is 0 Å². The van der Waals surface area contributed by atoms with Gasteiger partial charge in [0.15, 0.2) is 5.72 Å². The fourth-order valence-electron chi connectivity index (χ4n) is 2.18. The maximum absolute atomic E-state index is 11.5. The Morgan fingerprint density at radius 3 is 2.50 bits per heavy atom. The third kappa shape index (κ3) is 1.61. The van der Waals surface area contributed by atoms with Crippen molar-refractivity contribution in [2.75, 3.05) is 0 Å². The van der Waals surface area contributed by atoms with Gasteiger partial charge >= 0.3 is 0 Å². The zero-order valence-electron chi connectivity index (χ0n) is 9.66. The molecule has 0 aromatic heterocycles. The lowest BCUT2D eigenvalue weighted by Gasteiger charge is -2.46. The highest BCUT2D eigenvalue weighted by Gasteiger charge is 2.48. The highest BCUT2D eigenvalue weighted by molar-refractivity contribution is 5.78. The first-order valence-corrected chi connectivity index (χ1v) is 5.55. The summed E-state index contributed by atoms with van der Waals surface area (Å²) in [5.41, 5.74) is -0.876. The molecule has 2 rings (SSSR count). The van der Waals surface area contributed by atoms with Crippen LogP contribution in [-0.2, 0) is 10.5 Å². The smallest absolute Gasteiger partial charge is 0.222 e. The Labute approximate surface area is 95.5 Å². The monoisotopic (exact) mass is 219 g/mol. The van der Waals surface area contributed by atoms with Crippen molar-refractivity contribution >= 4 is 5.91 Å². The van der Waals surface area contributed by atoms with Crippen LogP contribution in [0.1, 0.15) is 32.3 Å². The van der Waals surface area contributed by atoms with E-state index in [1.165, 1.54) is 0 Å². The van der Waals surface area contributed by atoms with Gasteiger partial charge in [0.2, 0.25) is 5.91 Å². The molecule has 1 aliphatic heterocycles. The van der Waals surface area contributed by atoms with Crippen LogP contribution in [0.2, 0.25) is 0 Å². The second-order valence-electron chi connectivity index (χ2n) is 5.01. The van der Waals surface area contributed by atoms with Crippen LogP contribution in [0.5, 0.6) is 0 Å². The summed E-state index contributed by atoms with van der Waals surface area (Å²) in [7, 11) is 0. The zero-order valence-corrected chi connectivity index (χ0v) is 9.66. The van der Waals surface area contributed by atoms with E-state index in [1.807, 2.05) is 44.2 Å². The highest BCUT2D eigenvalue weighted by Crippen LogP contribution is 2.43. The van der Waals surface area contributed by atoms with Gasteiger partial charge in [-0.05, 0) is 6.42 Å². The van der Waals surface area contributed by atoms with Gasteiger partial charge in [-0.25, -0.2) is 0 Å². The Kier molecular flexibility index (Phi) is 2.50. The molecule has 1 fully saturated rings. The van der Waals surface area contributed by atoms with E-state index in [4.69, 9.17) is 0 Å². The number of carbonyl (C=O) groups excluding carboxylic acids is 1. The Balaban J connectivity index is 2.45. The maximum atomic E-state index is 11.5. The number of amides is 1. The predicted molar refractivity (Wildman–Crippen MR) is 61.5 cm³/mol. The third-order valence-electron chi connectivity index (χ3n) is 3.47. The van der Waals surface area contributed by atoms with Crippen LogP contribution in [0, 0.1) is 5.41 Å². The molecule has 3 nitrogen and oxygen atoms in total. The summed E-state index contributed by atoms with van der Waals surface area (Å²) in [6, 6.07) is 9.31. The first-order valence-electron chi connectivity index (χ1n) is 5.55. The Bertz CT molecular complexity index is 400. The Morgan fingerprint density at radius 2 is 1.88 bits per heavy atom. The summed E-state index contributed by atoms with van der Waals surface area (Å²) in [5.74, 6) is -0.0920. The van der Waals surface area contributed by atoms with Crippen LogP contribution in [0.4, 0.5) is 0 Å². The number of benzene rings is 1. The summed E-state index contributed by atoms with van der Waals surface area (Å²) in [4.78, 5) is 11.5. The molecule has 2 N–H and O–H groups in total. The molecule has 1 unspecified atom stereocenters. The van der Waals surface area contributed by atoms with Gasteiger partial charge in [0.05, 0.1) is 0 Å². The number of carbonyl (C=O) groups is 1. The minimum absolute atomic E-state index is 0.0920. The second kappa shape index (κ2) is 3.59. The molecule has 1 atom stereocenters. The molecule has 1 aromatic carbocycles. The quantitative estimate of drug-likeness (QED) is 0.756. The molecule has 1 heterocycles. The lowest BCUT2D eigenvalue weighted by molar-refractivity contribution is -0.157. The SMILES string of the molecule is CC1(C)CCC(=O)NC1(O)c1ccccc1. The van der Waals surface area contributed by atoms with E-state index in [0.717, 1.165) is 5.56 Å². The van der Waals surface area contributed by atoms with Crippen molar-refractivity contribution in [3.8, 4) is 0 Å². The van der Waals surface area contributed by atoms with Crippen molar-refractivity contribution in [1.82, 2.24) is 5.32 Å². The van der Waals surface area contributed by atoms with Crippen LogP contribution in [0.25, 0.3) is 0 Å². The lowest BCUT2D eigenvalue weighted by atomic mass is 9.71. The first kappa shape index (κ1) is 11.1. The molecule has 0 bridgehead atoms. The third-order valence-corrected chi connectivity index (χ3v) is 3.47. The van der Waals surface area contributed by atoms with E-state index < -0.39 is 5.72 Å². The fraction of sp³-hybridized carbons (Fsp3) is 0.462. The van der Waals surface area contributed by atoms with Crippen molar-refractivity contribution in [3.05, 3.63) is 35.9 Å². The molecule has 0 radical (unpaired) electrons. The molecule has 1 aliphatic rings. The van der Waals surface area contributed by atoms with Gasteiger partial charge in [-0.3, -0.25) is 4.79 Å². The molecule has 3 heteroatoms. The summed E-state index contributed by atoms with van der Waals surface area (Å²) >= 11 is 0. The maximum Gasteiger partial charge on any atom is 0.222 e. The van der Waals surface area contributed by atoms with Gasteiger partial charge in [0.25, 0.3) is 0 Å². The summed E-state index contributed by atoms with van der Waals surface area (Å²) < 4.78 is 0. The molecular weight excluding hydrogens is 202 g/mol. The van der Waals surface area contributed by atoms with E-state index in [-0.39, 0.29) is 11.3 Å². The number of hydrogen-bond acceptors (Lipinski definition) is 2. The minimum atomic E-state index is -1.26. The molecule has 0 spiro atoms. The standard InChI is InChI=1S/C13H17NO2/c1-12(2)9-8-11(15)14-13(12,16)10-6-4-3-5-7-10/h3-7,16H,8-9H2,1-2H3,(H,14,15). The first-order chi connectivity index (χ1) is 7.46. The van der Waals surface area contributed by atoms with E-state index in [9.17, 15) is 9.90 Å². The Hall–Kier alpha value is -1.35. The molecule has 1 aromatic rings. The highest BCUT2D eigenvalue weighted by atomic mass is 16.3. The number of nitrogens with one attached hydrogen (secondary N) is 1. The van der Waals surface area contributed by atoms with E-state index in [2.05, 4.69) is 5.32 Å². The molecular formula is C13H17NO2. The van der Waals surface area contributed by atoms with Gasteiger partial charge in [-0.15, -0.1) is 0 Å². The van der Waals surface area contributed by atoms with E-state index in [0.29, 0.717) is 12.8 Å². The number of piperidine rings is 1.